The molecule has 0 aliphatic rings. The molecule has 0 bridgehead atoms. The molecule has 0 aromatic heterocycles. The molecule has 112 heavy (non-hydrogen) atoms. The van der Waals surface area contributed by atoms with Crippen LogP contribution in [0, 0.1) is 42.9 Å². The van der Waals surface area contributed by atoms with Crippen molar-refractivity contribution in [3.8, 4) is 0 Å². The van der Waals surface area contributed by atoms with Gasteiger partial charge in [-0.15, -0.1) is 0 Å². The van der Waals surface area contributed by atoms with E-state index in [-0.39, 0.29) is 72.4 Å². The zero-order chi connectivity index (χ0) is 82.9. The number of benzene rings is 3. The van der Waals surface area contributed by atoms with Gasteiger partial charge in [-0.2, -0.15) is 0 Å². The van der Waals surface area contributed by atoms with Crippen molar-refractivity contribution in [3.05, 3.63) is 108 Å². The summed E-state index contributed by atoms with van der Waals surface area (Å²) in [5, 5.41) is 8.79. The first kappa shape index (κ1) is 125. The van der Waals surface area contributed by atoms with Gasteiger partial charge in [0.25, 0.3) is 0 Å². The topological polar surface area (TPSA) is 106 Å². The number of carbonyl (C=O) groups excluding carboxylic acids is 3. The quantitative estimate of drug-likeness (QED) is 0.163. The number of nitrogens with one attached hydrogen (secondary N) is 3. The van der Waals surface area contributed by atoms with Crippen molar-refractivity contribution in [3.63, 3.8) is 0 Å². The second-order valence-electron chi connectivity index (χ2n) is 18.5. The molecule has 0 aliphatic heterocycles. The van der Waals surface area contributed by atoms with Gasteiger partial charge in [0.15, 0.2) is 0 Å². The molecule has 0 heterocycles. The third kappa shape index (κ3) is 91.0. The van der Waals surface area contributed by atoms with Gasteiger partial charge in [-0.1, -0.05) is 105 Å². The Morgan fingerprint density at radius 1 is 0.321 bits per heavy atom. The molecule has 0 fully saturated rings. The van der Waals surface area contributed by atoms with E-state index in [4.69, 9.17) is 55.6 Å². The summed E-state index contributed by atoms with van der Waals surface area (Å²) in [5.41, 5.74) is 2.53. The maximum atomic E-state index is 13.0. The molecule has 3 rings (SSSR count). The van der Waals surface area contributed by atoms with E-state index < -0.39 is 17.7 Å². The van der Waals surface area contributed by atoms with Crippen LogP contribution in [0.2, 0.25) is 0 Å². The van der Waals surface area contributed by atoms with Gasteiger partial charge in [0, 0.05) is 609 Å². The van der Waals surface area contributed by atoms with Crippen molar-refractivity contribution in [1.29, 1.82) is 1.34 Å². The second-order valence-corrected chi connectivity index (χ2v) is 119. The summed E-state index contributed by atoms with van der Waals surface area (Å²) in [5.74, 6) is -0.818. The molecule has 8 nitrogen and oxygen atoms in total. The van der Waals surface area contributed by atoms with Gasteiger partial charge in [-0.25, -0.2) is 0 Å². The Morgan fingerprint density at radius 3 is 0.732 bits per heavy atom. The fourth-order valence-electron chi connectivity index (χ4n) is 5.69. The van der Waals surface area contributed by atoms with Crippen molar-refractivity contribution >= 4 is 577 Å². The first-order valence-electron chi connectivity index (χ1n) is 27.7. The summed E-state index contributed by atoms with van der Waals surface area (Å²) in [7, 11) is 104. The Morgan fingerprint density at radius 2 is 0.518 bits per heavy atom. The van der Waals surface area contributed by atoms with Gasteiger partial charge in [0.05, 0.1) is 29.3 Å². The van der Waals surface area contributed by atoms with Crippen molar-refractivity contribution in [2.45, 2.75) is 118 Å². The third-order valence-corrected chi connectivity index (χ3v) is 131. The second kappa shape index (κ2) is 96.1. The largest absolute Gasteiger partial charge is 0.372 e. The maximum Gasteiger partial charge on any atom is 0.245 e. The predicted molar refractivity (Wildman–Crippen MR) is 654 cm³/mol. The maximum absolute atomic E-state index is 13.0. The number of amides is 3. The Labute approximate surface area is 866 Å². The Bertz CT molecular complexity index is 6160. The SMILES string of the molecule is C[C@@H](Cc1ccccc1)C(=O)N[C@H](C(=O)NCc1ccccc1)[C@@H](C)OC(C)(C)C.C[C@H](C(=O)NCc1ccccc1)[C@@H](C)OC(C)(C)C.S=S=S=S=S=S=S=S=S=S=S=S=S=S=S=S=S=S=S=S=S=S=S=S=S=S=S=S=S=S.S=S=S=S=S=S=S=S=S=S=S=S=S=S=S=S=S=S=S=S=S=S=S=S=S=S=S=S=S=S=S.[2H][B].[U]. The predicted octanol–water partition coefficient (Wildman–Crippen LogP) is 6.22. The third-order valence-electron chi connectivity index (χ3n) is 9.23. The molecule has 3 aromatic carbocycles. The van der Waals surface area contributed by atoms with Gasteiger partial charge in [-0.3, -0.25) is 14.4 Å². The minimum atomic E-state index is -0.779. The van der Waals surface area contributed by atoms with Crippen LogP contribution in [0.1, 0.15) is 85.9 Å². The van der Waals surface area contributed by atoms with Crippen LogP contribution < -0.4 is 16.0 Å². The van der Waals surface area contributed by atoms with Gasteiger partial charge in [-0.05, 0) is 79.8 Å². The average Bonchev–Trinajstić information content (AvgIpc) is 0.855. The zero-order valence-corrected chi connectivity index (χ0v) is 111. The first-order chi connectivity index (χ1) is 54.3. The Kier molecular flexibility index (Phi) is 107. The summed E-state index contributed by atoms with van der Waals surface area (Å²) >= 11 is 19.2. The molecular formula is C41H60BN3O5S61U. The molecule has 0 aliphatic carbocycles. The number of carbonyl (C=O) groups is 3. The van der Waals surface area contributed by atoms with Crippen LogP contribution in [0.25, 0.3) is 0 Å². The van der Waals surface area contributed by atoms with Crippen molar-refractivity contribution in [1.82, 2.24) is 16.0 Å². The number of hydrogen-bond donors (Lipinski definition) is 3. The van der Waals surface area contributed by atoms with Gasteiger partial charge in [0.2, 0.25) is 17.7 Å². The zero-order valence-electron chi connectivity index (χ0n) is 58.2. The molecule has 0 unspecified atom stereocenters. The van der Waals surface area contributed by atoms with Crippen LogP contribution in [-0.2, 0) is 594 Å². The molecular weight excluding hydrogens is 2820 g/mol. The van der Waals surface area contributed by atoms with E-state index in [1.54, 1.807) is 231 Å². The molecule has 71 heteroatoms. The summed E-state index contributed by atoms with van der Waals surface area (Å²) in [4.78, 5) is 37.9. The molecule has 642 valence electrons. The average molecular weight is 2880 g/mol. The van der Waals surface area contributed by atoms with E-state index in [0.717, 1.165) is 16.7 Å². The summed E-state index contributed by atoms with van der Waals surface area (Å²) in [6.45, 7) is 20.3. The molecule has 0 saturated heterocycles. The minimum absolute atomic E-state index is 0. The van der Waals surface area contributed by atoms with Crippen LogP contribution in [0.15, 0.2) is 91.0 Å². The molecule has 3 aromatic rings. The number of ether oxygens (including phenoxy) is 2. The van der Waals surface area contributed by atoms with Crippen molar-refractivity contribution < 1.29 is 55.0 Å². The summed E-state index contributed by atoms with van der Waals surface area (Å²) < 4.78 is 17.1. The summed E-state index contributed by atoms with van der Waals surface area (Å²) in [6, 6.07) is 28.7. The van der Waals surface area contributed by atoms with E-state index in [1.165, 1.54) is 35.5 Å². The smallest absolute Gasteiger partial charge is 0.245 e. The molecule has 3 amide bonds. The Balaban J connectivity index is -0.00000143. The van der Waals surface area contributed by atoms with Crippen LogP contribution in [0.3, 0.4) is 0 Å². The van der Waals surface area contributed by atoms with Gasteiger partial charge >= 0.3 is 0 Å². The number of rotatable bonds is 14. The standard InChI is InChI=1S/C25H34N2O3.C16H25NO2.BH.S31.S30.U/c1-18(16-20-12-8-6-9-13-20)23(28)27-22(19(2)30-25(3,4)5)24(29)26-17-21-14-10-7-11-15-21;1-12(13(2)19-16(3,4)5)15(18)17-11-14-9-7-6-8-10-14;;1-3-5-7-9-11-13-15-17-19-21-23-25-27-29-31-30-28-26-24-22-20-18-16-14-12-10-8-6-4-2;1-3-5-7-9-11-13-15-17-19-21-23-25-27-29-30-28-26-24-22-20-18-16-14-12-10-8-6-4-2;/h6-15,18-19,22H,16-17H2,1-5H3,(H,26,29)(H,27,28);6-10,12-13H,11H2,1-5H3,(H,17,18);1H;;;/t18-,19+,22-;12-,13+;;;;/m00..../s1/i;;1D;;;. The molecule has 0 saturated carbocycles. The fourth-order valence-corrected chi connectivity index (χ4v) is 151. The molecule has 5 atom stereocenters. The Hall–Kier alpha value is 10.5. The van der Waals surface area contributed by atoms with E-state index >= 15 is 0 Å². The fraction of sp³-hybridized carbons (Fsp3) is 0.488. The van der Waals surface area contributed by atoms with E-state index in [1.807, 2.05) is 400 Å². The first-order valence-corrected chi connectivity index (χ1v) is 106. The molecule has 2 radical (unpaired) electrons. The van der Waals surface area contributed by atoms with Crippen LogP contribution in [0.5, 0.6) is 0 Å². The van der Waals surface area contributed by atoms with E-state index in [2.05, 4.69) is 24.3 Å². The normalized spacial score (nSPS) is 10.6. The molecule has 3 N–H and O–H groups in total. The van der Waals surface area contributed by atoms with Crippen LogP contribution in [-0.4, -0.2) is 56.9 Å². The minimum Gasteiger partial charge on any atom is -0.372 e. The van der Waals surface area contributed by atoms with Crippen molar-refractivity contribution in [2.24, 2.45) is 11.8 Å². The monoisotopic (exact) mass is 2870 g/mol. The summed E-state index contributed by atoms with van der Waals surface area (Å²) in [6.07, 6.45) is 0.0314. The van der Waals surface area contributed by atoms with E-state index in [9.17, 15) is 14.4 Å². The van der Waals surface area contributed by atoms with Gasteiger partial charge in [0.1, 0.15) is 6.04 Å². The van der Waals surface area contributed by atoms with E-state index in [0.29, 0.717) is 19.5 Å². The van der Waals surface area contributed by atoms with Crippen LogP contribution >= 0.6 is 0 Å². The van der Waals surface area contributed by atoms with Gasteiger partial charge < -0.3 is 25.4 Å². The molecule has 0 spiro atoms. The van der Waals surface area contributed by atoms with Crippen molar-refractivity contribution in [2.75, 3.05) is 0 Å². The number of hydrogen-bond acceptors (Lipinski definition) is 9. The van der Waals surface area contributed by atoms with Crippen LogP contribution in [0.4, 0.5) is 0 Å².